The normalized spacial score (nSPS) is 18.8. The van der Waals surface area contributed by atoms with Crippen molar-refractivity contribution in [2.75, 3.05) is 68.4 Å². The zero-order chi connectivity index (χ0) is 46.1. The first-order chi connectivity index (χ1) is 31.8. The Bertz CT molecular complexity index is 2550. The summed E-state index contributed by atoms with van der Waals surface area (Å²) in [6.07, 6.45) is 12.5. The number of ether oxygens (including phenoxy) is 1. The van der Waals surface area contributed by atoms with Crippen molar-refractivity contribution in [3.63, 3.8) is 0 Å². The van der Waals surface area contributed by atoms with Gasteiger partial charge in [-0.25, -0.2) is 38.2 Å². The Labute approximate surface area is 381 Å². The standard InChI is InChI=1S/C46H57F2N13O5/c1-46(2,3)61-43-36(41(49)52-26-53-43)37(56-61)38-35(40(66-57-38)28-8-9-28)42-50-24-29(25-51-42)27-12-15-60(16-13-27)45(64)65-21-7-5-4-6-14-58-17-19-59(20-18-58)39-31(47)22-30(23-32(39)48)54-33-10-11-34(62)55-44(33)63/h22-28,33,54H,4-21H2,1-3H3,(H2,49,52,53)(H,55,62,63)/t33-/m1/s1. The molecule has 0 unspecified atom stereocenters. The van der Waals surface area contributed by atoms with Gasteiger partial charge in [-0.15, -0.1) is 0 Å². The minimum atomic E-state index is -0.726. The molecular formula is C46H57F2N13O5. The van der Waals surface area contributed by atoms with Gasteiger partial charge in [-0.05, 0) is 95.9 Å². The second-order valence-corrected chi connectivity index (χ2v) is 18.8. The molecule has 20 heteroatoms. The van der Waals surface area contributed by atoms with Gasteiger partial charge < -0.3 is 30.1 Å². The topological polar surface area (TPSA) is 216 Å². The molecule has 1 aliphatic carbocycles. The smallest absolute Gasteiger partial charge is 0.409 e. The average molecular weight is 910 g/mol. The van der Waals surface area contributed by atoms with Gasteiger partial charge in [0.2, 0.25) is 11.8 Å². The number of nitrogens with one attached hydrogen (secondary N) is 2. The average Bonchev–Trinajstić information content (AvgIpc) is 3.91. The summed E-state index contributed by atoms with van der Waals surface area (Å²) in [5, 5.41) is 15.1. The molecule has 4 aromatic heterocycles. The van der Waals surface area contributed by atoms with Crippen LogP contribution in [0.4, 0.5) is 30.8 Å². The largest absolute Gasteiger partial charge is 0.449 e. The van der Waals surface area contributed by atoms with E-state index in [-0.39, 0.29) is 53.6 Å². The van der Waals surface area contributed by atoms with E-state index in [9.17, 15) is 14.4 Å². The van der Waals surface area contributed by atoms with Crippen molar-refractivity contribution in [2.45, 2.75) is 108 Å². The molecule has 3 amide bonds. The highest BCUT2D eigenvalue weighted by atomic mass is 19.1. The third-order valence-electron chi connectivity index (χ3n) is 13.0. The number of rotatable bonds is 14. The molecule has 3 aliphatic heterocycles. The van der Waals surface area contributed by atoms with Gasteiger partial charge in [0.1, 0.15) is 35.3 Å². The lowest BCUT2D eigenvalue weighted by atomic mass is 9.91. The molecule has 0 radical (unpaired) electrons. The van der Waals surface area contributed by atoms with E-state index >= 15 is 8.78 Å². The number of nitrogens with zero attached hydrogens (tertiary/aromatic N) is 10. The molecule has 5 aromatic rings. The Morgan fingerprint density at radius 1 is 0.894 bits per heavy atom. The highest BCUT2D eigenvalue weighted by molar-refractivity contribution is 6.02. The quantitative estimate of drug-likeness (QED) is 0.0818. The Kier molecular flexibility index (Phi) is 12.8. The van der Waals surface area contributed by atoms with Gasteiger partial charge in [-0.1, -0.05) is 18.0 Å². The Balaban J connectivity index is 0.693. The van der Waals surface area contributed by atoms with Crippen molar-refractivity contribution < 1.29 is 32.4 Å². The first-order valence-corrected chi connectivity index (χ1v) is 23.1. The number of carbonyl (C=O) groups is 3. The van der Waals surface area contributed by atoms with Crippen molar-refractivity contribution >= 4 is 46.1 Å². The third-order valence-corrected chi connectivity index (χ3v) is 13.0. The number of piperidine rings is 2. The Hall–Kier alpha value is -6.31. The molecule has 1 atom stereocenters. The molecule has 7 heterocycles. The lowest BCUT2D eigenvalue weighted by Crippen LogP contribution is -2.47. The lowest BCUT2D eigenvalue weighted by molar-refractivity contribution is -0.133. The lowest BCUT2D eigenvalue weighted by Gasteiger charge is -2.36. The minimum absolute atomic E-state index is 0.0668. The van der Waals surface area contributed by atoms with Crippen LogP contribution in [0.25, 0.3) is 33.8 Å². The number of fused-ring (bicyclic) bond motifs is 1. The number of aromatic nitrogens is 7. The number of amides is 3. The monoisotopic (exact) mass is 909 g/mol. The van der Waals surface area contributed by atoms with Crippen LogP contribution in [0.15, 0.2) is 35.4 Å². The van der Waals surface area contributed by atoms with Gasteiger partial charge in [0.05, 0.1) is 23.1 Å². The van der Waals surface area contributed by atoms with Crippen molar-refractivity contribution in [3.05, 3.63) is 53.8 Å². The number of imide groups is 1. The zero-order valence-corrected chi connectivity index (χ0v) is 37.7. The number of benzene rings is 1. The number of anilines is 3. The van der Waals surface area contributed by atoms with E-state index in [1.807, 2.05) is 37.8 Å². The molecule has 3 saturated heterocycles. The van der Waals surface area contributed by atoms with Gasteiger partial charge in [-0.2, -0.15) is 5.10 Å². The van der Waals surface area contributed by atoms with Gasteiger partial charge in [0.25, 0.3) is 0 Å². The number of carbonyl (C=O) groups excluding carboxylic acids is 3. The second-order valence-electron chi connectivity index (χ2n) is 18.8. The Morgan fingerprint density at radius 2 is 1.61 bits per heavy atom. The molecule has 66 heavy (non-hydrogen) atoms. The van der Waals surface area contributed by atoms with E-state index in [1.54, 1.807) is 9.80 Å². The van der Waals surface area contributed by atoms with Gasteiger partial charge in [0, 0.05) is 69.7 Å². The van der Waals surface area contributed by atoms with Crippen LogP contribution in [0.2, 0.25) is 0 Å². The van der Waals surface area contributed by atoms with Crippen LogP contribution in [0.5, 0.6) is 0 Å². The van der Waals surface area contributed by atoms with Crippen LogP contribution in [-0.4, -0.2) is 121 Å². The van der Waals surface area contributed by atoms with Crippen molar-refractivity contribution in [1.82, 2.24) is 50.0 Å². The number of nitrogen functional groups attached to an aromatic ring is 1. The van der Waals surface area contributed by atoms with E-state index in [2.05, 4.69) is 30.7 Å². The molecule has 0 bridgehead atoms. The summed E-state index contributed by atoms with van der Waals surface area (Å²) in [4.78, 5) is 60.7. The van der Waals surface area contributed by atoms with Crippen LogP contribution in [0.1, 0.15) is 108 Å². The molecule has 350 valence electrons. The maximum absolute atomic E-state index is 15.1. The maximum Gasteiger partial charge on any atom is 0.409 e. The molecule has 9 rings (SSSR count). The van der Waals surface area contributed by atoms with Crippen LogP contribution < -0.4 is 21.3 Å². The van der Waals surface area contributed by atoms with Crippen LogP contribution in [0.3, 0.4) is 0 Å². The SMILES string of the molecule is CC(C)(C)n1nc(-c2noc(C3CC3)c2-c2ncc(C3CCN(C(=O)OCCCCCCN4CCN(c5c(F)cc(N[C@@H]6CCC(=O)NC6=O)cc5F)CC4)CC3)cn2)c2c(N)ncnc21. The van der Waals surface area contributed by atoms with Gasteiger partial charge in [0.15, 0.2) is 28.9 Å². The van der Waals surface area contributed by atoms with E-state index in [0.29, 0.717) is 85.5 Å². The second kappa shape index (κ2) is 18.9. The molecular weight excluding hydrogens is 853 g/mol. The highest BCUT2D eigenvalue weighted by Crippen LogP contribution is 2.48. The molecule has 4 aliphatic rings. The Morgan fingerprint density at radius 3 is 2.29 bits per heavy atom. The summed E-state index contributed by atoms with van der Waals surface area (Å²) in [5.74, 6) is -0.253. The number of likely N-dealkylation sites (tertiary alicyclic amines) is 1. The summed E-state index contributed by atoms with van der Waals surface area (Å²) < 4.78 is 43.7. The number of hydrogen-bond acceptors (Lipinski definition) is 15. The van der Waals surface area contributed by atoms with Crippen LogP contribution >= 0.6 is 0 Å². The molecule has 1 aromatic carbocycles. The number of hydrogen-bond donors (Lipinski definition) is 3. The minimum Gasteiger partial charge on any atom is -0.449 e. The zero-order valence-electron chi connectivity index (χ0n) is 37.7. The third kappa shape index (κ3) is 9.64. The molecule has 0 spiro atoms. The summed E-state index contributed by atoms with van der Waals surface area (Å²) in [6, 6.07) is 1.68. The summed E-state index contributed by atoms with van der Waals surface area (Å²) in [6.45, 7) is 10.9. The van der Waals surface area contributed by atoms with Crippen LogP contribution in [-0.2, 0) is 19.9 Å². The molecule has 1 saturated carbocycles. The molecule has 4 fully saturated rings. The number of piperazine rings is 1. The molecule has 4 N–H and O–H groups in total. The van der Waals surface area contributed by atoms with E-state index < -0.39 is 23.6 Å². The fraction of sp³-hybridized carbons (Fsp3) is 0.543. The van der Waals surface area contributed by atoms with Crippen molar-refractivity contribution in [1.29, 1.82) is 0 Å². The fourth-order valence-electron chi connectivity index (χ4n) is 9.21. The first kappa shape index (κ1) is 44.9. The fourth-order valence-corrected chi connectivity index (χ4v) is 9.21. The van der Waals surface area contributed by atoms with E-state index in [1.165, 1.54) is 18.5 Å². The highest BCUT2D eigenvalue weighted by Gasteiger charge is 2.37. The van der Waals surface area contributed by atoms with Gasteiger partial charge >= 0.3 is 6.09 Å². The van der Waals surface area contributed by atoms with Gasteiger partial charge in [-0.3, -0.25) is 19.8 Å². The summed E-state index contributed by atoms with van der Waals surface area (Å²) in [7, 11) is 0. The number of halogens is 2. The summed E-state index contributed by atoms with van der Waals surface area (Å²) in [5.41, 5.74) is 9.49. The number of unbranched alkanes of at least 4 members (excludes halogenated alkanes) is 3. The predicted octanol–water partition coefficient (Wildman–Crippen LogP) is 6.35. The van der Waals surface area contributed by atoms with E-state index in [0.717, 1.165) is 69.2 Å². The predicted molar refractivity (Wildman–Crippen MR) is 241 cm³/mol. The van der Waals surface area contributed by atoms with Crippen molar-refractivity contribution in [2.24, 2.45) is 0 Å². The number of nitrogens with two attached hydrogens (primary N) is 1. The maximum atomic E-state index is 15.1. The molecule has 18 nitrogen and oxygen atoms in total. The first-order valence-electron chi connectivity index (χ1n) is 23.1. The summed E-state index contributed by atoms with van der Waals surface area (Å²) >= 11 is 0. The van der Waals surface area contributed by atoms with Crippen LogP contribution in [0, 0.1) is 11.6 Å². The van der Waals surface area contributed by atoms with Crippen molar-refractivity contribution in [3.8, 4) is 22.8 Å². The van der Waals surface area contributed by atoms with E-state index in [4.69, 9.17) is 30.1 Å².